The molecule has 7 nitrogen and oxygen atoms in total. The molecule has 0 saturated heterocycles. The summed E-state index contributed by atoms with van der Waals surface area (Å²) in [6.07, 6.45) is 2.13. The van der Waals surface area contributed by atoms with Crippen molar-refractivity contribution in [3.8, 4) is 0 Å². The third-order valence-corrected chi connectivity index (χ3v) is 8.12. The number of carbonyl (C=O) groups excluding carboxylic acids is 2. The third-order valence-electron chi connectivity index (χ3n) is 6.99. The first-order valence-corrected chi connectivity index (χ1v) is 15.1. The summed E-state index contributed by atoms with van der Waals surface area (Å²) in [5.74, 6) is -0.722. The fourth-order valence-corrected chi connectivity index (χ4v) is 5.28. The standard InChI is InChI=1S/C31H39N3O4S/c1-6-24(3)32-31(36)29(20-26-15-9-7-10-16-26)33(21-27-17-11-8-12-18-27)30(35)22-34(39(5,37)38)28-19-13-14-23(2)25(28)4/h7-19,24,29H,6,20-22H2,1-5H3,(H,32,36)/t24-,29+/m1/s1. The average Bonchev–Trinajstić information content (AvgIpc) is 2.91. The maximum Gasteiger partial charge on any atom is 0.244 e. The van der Waals surface area contributed by atoms with E-state index in [-0.39, 0.29) is 18.5 Å². The van der Waals surface area contributed by atoms with Crippen LogP contribution in [0.25, 0.3) is 0 Å². The third kappa shape index (κ3) is 8.17. The Labute approximate surface area is 232 Å². The Balaban J connectivity index is 2.06. The van der Waals surface area contributed by atoms with Gasteiger partial charge in [-0.3, -0.25) is 13.9 Å². The van der Waals surface area contributed by atoms with Gasteiger partial charge in [-0.05, 0) is 55.5 Å². The van der Waals surface area contributed by atoms with E-state index < -0.39 is 28.5 Å². The predicted molar refractivity (Wildman–Crippen MR) is 157 cm³/mol. The van der Waals surface area contributed by atoms with Crippen molar-refractivity contribution in [3.63, 3.8) is 0 Å². The summed E-state index contributed by atoms with van der Waals surface area (Å²) in [6, 6.07) is 23.4. The van der Waals surface area contributed by atoms with Crippen molar-refractivity contribution in [2.45, 2.75) is 59.2 Å². The van der Waals surface area contributed by atoms with Gasteiger partial charge in [0.05, 0.1) is 11.9 Å². The van der Waals surface area contributed by atoms with Crippen molar-refractivity contribution in [1.29, 1.82) is 0 Å². The monoisotopic (exact) mass is 549 g/mol. The topological polar surface area (TPSA) is 86.8 Å². The fourth-order valence-electron chi connectivity index (χ4n) is 4.38. The Morgan fingerprint density at radius 2 is 1.46 bits per heavy atom. The molecule has 2 atom stereocenters. The number of anilines is 1. The molecular formula is C31H39N3O4S. The summed E-state index contributed by atoms with van der Waals surface area (Å²) in [5.41, 5.74) is 3.90. The molecule has 0 spiro atoms. The first-order chi connectivity index (χ1) is 18.5. The lowest BCUT2D eigenvalue weighted by atomic mass is 10.0. The highest BCUT2D eigenvalue weighted by molar-refractivity contribution is 7.92. The van der Waals surface area contributed by atoms with E-state index in [0.717, 1.165) is 39.2 Å². The summed E-state index contributed by atoms with van der Waals surface area (Å²) < 4.78 is 27.1. The number of carbonyl (C=O) groups is 2. The molecule has 3 aromatic carbocycles. The van der Waals surface area contributed by atoms with E-state index in [4.69, 9.17) is 0 Å². The zero-order valence-electron chi connectivity index (χ0n) is 23.4. The van der Waals surface area contributed by atoms with Gasteiger partial charge < -0.3 is 10.2 Å². The Bertz CT molecular complexity index is 1360. The van der Waals surface area contributed by atoms with Crippen molar-refractivity contribution in [2.24, 2.45) is 0 Å². The SMILES string of the molecule is CC[C@@H](C)NC(=O)[C@H](Cc1ccccc1)N(Cc1ccccc1)C(=O)CN(c1cccc(C)c1C)S(C)(=O)=O. The van der Waals surface area contributed by atoms with Gasteiger partial charge in [-0.2, -0.15) is 0 Å². The van der Waals surface area contributed by atoms with Gasteiger partial charge in [-0.25, -0.2) is 8.42 Å². The highest BCUT2D eigenvalue weighted by atomic mass is 32.2. The zero-order chi connectivity index (χ0) is 28.6. The first kappa shape index (κ1) is 29.9. The minimum atomic E-state index is -3.80. The van der Waals surface area contributed by atoms with Crippen molar-refractivity contribution in [3.05, 3.63) is 101 Å². The van der Waals surface area contributed by atoms with E-state index in [1.807, 2.05) is 94.4 Å². The van der Waals surface area contributed by atoms with Crippen LogP contribution in [-0.4, -0.2) is 50.0 Å². The van der Waals surface area contributed by atoms with Crippen LogP contribution in [0.4, 0.5) is 5.69 Å². The van der Waals surface area contributed by atoms with Crippen molar-refractivity contribution >= 4 is 27.5 Å². The van der Waals surface area contributed by atoms with Crippen LogP contribution in [0.2, 0.25) is 0 Å². The summed E-state index contributed by atoms with van der Waals surface area (Å²) >= 11 is 0. The molecule has 0 bridgehead atoms. The zero-order valence-corrected chi connectivity index (χ0v) is 24.2. The van der Waals surface area contributed by atoms with Crippen molar-refractivity contribution in [1.82, 2.24) is 10.2 Å². The van der Waals surface area contributed by atoms with Crippen LogP contribution in [0.3, 0.4) is 0 Å². The lowest BCUT2D eigenvalue weighted by molar-refractivity contribution is -0.140. The maximum atomic E-state index is 14.1. The number of rotatable bonds is 12. The lowest BCUT2D eigenvalue weighted by Gasteiger charge is -2.34. The van der Waals surface area contributed by atoms with Crippen molar-refractivity contribution in [2.75, 3.05) is 17.1 Å². The minimum Gasteiger partial charge on any atom is -0.352 e. The number of nitrogens with zero attached hydrogens (tertiary/aromatic N) is 2. The summed E-state index contributed by atoms with van der Waals surface area (Å²) in [7, 11) is -3.80. The van der Waals surface area contributed by atoms with Crippen LogP contribution in [0, 0.1) is 13.8 Å². The van der Waals surface area contributed by atoms with Gasteiger partial charge in [0.25, 0.3) is 0 Å². The highest BCUT2D eigenvalue weighted by Crippen LogP contribution is 2.26. The molecule has 0 aliphatic carbocycles. The van der Waals surface area contributed by atoms with Crippen LogP contribution in [0.1, 0.15) is 42.5 Å². The van der Waals surface area contributed by atoms with Crippen LogP contribution >= 0.6 is 0 Å². The van der Waals surface area contributed by atoms with E-state index in [9.17, 15) is 18.0 Å². The molecule has 208 valence electrons. The quantitative estimate of drug-likeness (QED) is 0.357. The first-order valence-electron chi connectivity index (χ1n) is 13.2. The van der Waals surface area contributed by atoms with E-state index in [1.165, 1.54) is 4.90 Å². The van der Waals surface area contributed by atoms with Crippen molar-refractivity contribution < 1.29 is 18.0 Å². The number of hydrogen-bond donors (Lipinski definition) is 1. The maximum absolute atomic E-state index is 14.1. The van der Waals surface area contributed by atoms with Gasteiger partial charge in [-0.15, -0.1) is 0 Å². The summed E-state index contributed by atoms with van der Waals surface area (Å²) in [4.78, 5) is 29.3. The van der Waals surface area contributed by atoms with E-state index in [1.54, 1.807) is 12.1 Å². The molecule has 1 N–H and O–H groups in total. The number of hydrogen-bond acceptors (Lipinski definition) is 4. The van der Waals surface area contributed by atoms with E-state index in [2.05, 4.69) is 5.32 Å². The molecule has 3 aromatic rings. The van der Waals surface area contributed by atoms with Gasteiger partial charge in [0.15, 0.2) is 0 Å². The summed E-state index contributed by atoms with van der Waals surface area (Å²) in [6.45, 7) is 7.39. The summed E-state index contributed by atoms with van der Waals surface area (Å²) in [5, 5.41) is 3.04. The molecule has 2 amide bonds. The van der Waals surface area contributed by atoms with Crippen LogP contribution in [0.15, 0.2) is 78.9 Å². The number of sulfonamides is 1. The molecule has 8 heteroatoms. The number of amides is 2. The Hall–Kier alpha value is -3.65. The second-order valence-electron chi connectivity index (χ2n) is 10.0. The normalized spacial score (nSPS) is 12.8. The van der Waals surface area contributed by atoms with Crippen LogP contribution < -0.4 is 9.62 Å². The second kappa shape index (κ2) is 13.4. The number of nitrogens with one attached hydrogen (secondary N) is 1. The van der Waals surface area contributed by atoms with Crippen LogP contribution in [-0.2, 0) is 32.6 Å². The minimum absolute atomic E-state index is 0.0769. The van der Waals surface area contributed by atoms with Gasteiger partial charge in [0, 0.05) is 19.0 Å². The molecular weight excluding hydrogens is 510 g/mol. The number of benzene rings is 3. The fraction of sp³-hybridized carbons (Fsp3) is 0.355. The molecule has 0 aliphatic rings. The Morgan fingerprint density at radius 3 is 2.03 bits per heavy atom. The smallest absolute Gasteiger partial charge is 0.244 e. The second-order valence-corrected chi connectivity index (χ2v) is 11.9. The average molecular weight is 550 g/mol. The molecule has 0 saturated carbocycles. The number of aryl methyl sites for hydroxylation is 1. The van der Waals surface area contributed by atoms with Gasteiger partial charge in [0.2, 0.25) is 21.8 Å². The Kier molecular flexibility index (Phi) is 10.3. The molecule has 0 aromatic heterocycles. The molecule has 0 heterocycles. The van der Waals surface area contributed by atoms with E-state index >= 15 is 0 Å². The Morgan fingerprint density at radius 1 is 0.872 bits per heavy atom. The molecule has 0 radical (unpaired) electrons. The predicted octanol–water partition coefficient (Wildman–Crippen LogP) is 4.62. The highest BCUT2D eigenvalue weighted by Gasteiger charge is 2.33. The molecule has 0 fully saturated rings. The van der Waals surface area contributed by atoms with Gasteiger partial charge in [-0.1, -0.05) is 79.7 Å². The molecule has 0 unspecified atom stereocenters. The largest absolute Gasteiger partial charge is 0.352 e. The lowest BCUT2D eigenvalue weighted by Crippen LogP contribution is -2.54. The van der Waals surface area contributed by atoms with E-state index in [0.29, 0.717) is 12.1 Å². The molecule has 39 heavy (non-hydrogen) atoms. The van der Waals surface area contributed by atoms with Crippen LogP contribution in [0.5, 0.6) is 0 Å². The van der Waals surface area contributed by atoms with Gasteiger partial charge in [0.1, 0.15) is 12.6 Å². The molecule has 0 aliphatic heterocycles. The molecule has 3 rings (SSSR count). The van der Waals surface area contributed by atoms with Gasteiger partial charge >= 0.3 is 0 Å².